The zero-order valence-corrected chi connectivity index (χ0v) is 11.2. The molecule has 0 spiro atoms. The van der Waals surface area contributed by atoms with Crippen LogP contribution in [0.3, 0.4) is 0 Å². The highest BCUT2D eigenvalue weighted by atomic mass is 32.2. The second-order valence-electron chi connectivity index (χ2n) is 4.92. The van der Waals surface area contributed by atoms with E-state index in [9.17, 15) is 13.2 Å². The van der Waals surface area contributed by atoms with Crippen molar-refractivity contribution in [2.75, 3.05) is 6.54 Å². The SMILES string of the molecule is CCC1(CNS(=O)(=O)c2ccc(=O)[nH]c2)CCC1. The molecule has 0 radical (unpaired) electrons. The first-order valence-corrected chi connectivity index (χ1v) is 7.64. The van der Waals surface area contributed by atoms with Gasteiger partial charge < -0.3 is 4.98 Å². The van der Waals surface area contributed by atoms with Gasteiger partial charge in [-0.05, 0) is 30.7 Å². The van der Waals surface area contributed by atoms with E-state index in [0.29, 0.717) is 6.54 Å². The van der Waals surface area contributed by atoms with Crippen LogP contribution < -0.4 is 10.3 Å². The van der Waals surface area contributed by atoms with Crippen LogP contribution in [0, 0.1) is 5.41 Å². The fraction of sp³-hybridized carbons (Fsp3) is 0.583. The number of hydrogen-bond donors (Lipinski definition) is 2. The molecule has 1 aromatic heterocycles. The van der Waals surface area contributed by atoms with E-state index in [2.05, 4.69) is 16.6 Å². The second-order valence-corrected chi connectivity index (χ2v) is 6.69. The van der Waals surface area contributed by atoms with Gasteiger partial charge >= 0.3 is 0 Å². The zero-order chi connectivity index (χ0) is 13.2. The van der Waals surface area contributed by atoms with E-state index in [1.165, 1.54) is 24.8 Å². The van der Waals surface area contributed by atoms with Gasteiger partial charge in [0.05, 0.1) is 4.90 Å². The number of sulfonamides is 1. The summed E-state index contributed by atoms with van der Waals surface area (Å²) < 4.78 is 26.7. The maximum atomic E-state index is 12.0. The van der Waals surface area contributed by atoms with Gasteiger partial charge in [-0.25, -0.2) is 13.1 Å². The van der Waals surface area contributed by atoms with Crippen molar-refractivity contribution in [3.8, 4) is 0 Å². The number of rotatable bonds is 5. The smallest absolute Gasteiger partial charge is 0.247 e. The Balaban J connectivity index is 2.08. The Morgan fingerprint density at radius 3 is 2.56 bits per heavy atom. The van der Waals surface area contributed by atoms with Gasteiger partial charge in [0.15, 0.2) is 0 Å². The molecule has 0 unspecified atom stereocenters. The minimum absolute atomic E-state index is 0.104. The number of pyridine rings is 1. The first kappa shape index (κ1) is 13.3. The first-order valence-electron chi connectivity index (χ1n) is 6.16. The molecule has 0 aromatic carbocycles. The summed E-state index contributed by atoms with van der Waals surface area (Å²) in [4.78, 5) is 13.4. The third-order valence-electron chi connectivity index (χ3n) is 3.87. The molecule has 18 heavy (non-hydrogen) atoms. The van der Waals surface area contributed by atoms with Crippen molar-refractivity contribution in [2.24, 2.45) is 5.41 Å². The molecule has 1 aliphatic rings. The fourth-order valence-corrected chi connectivity index (χ4v) is 3.35. The molecule has 0 saturated heterocycles. The average molecular weight is 270 g/mol. The van der Waals surface area contributed by atoms with E-state index in [-0.39, 0.29) is 15.9 Å². The van der Waals surface area contributed by atoms with Crippen LogP contribution in [0.25, 0.3) is 0 Å². The molecule has 0 aliphatic heterocycles. The Morgan fingerprint density at radius 2 is 2.11 bits per heavy atom. The number of hydrogen-bond acceptors (Lipinski definition) is 3. The number of aromatic nitrogens is 1. The van der Waals surface area contributed by atoms with Crippen LogP contribution in [-0.2, 0) is 10.0 Å². The van der Waals surface area contributed by atoms with Crippen LogP contribution in [-0.4, -0.2) is 19.9 Å². The molecule has 0 atom stereocenters. The van der Waals surface area contributed by atoms with Gasteiger partial charge in [-0.1, -0.05) is 13.3 Å². The molecule has 1 aliphatic carbocycles. The molecule has 1 aromatic rings. The maximum absolute atomic E-state index is 12.0. The van der Waals surface area contributed by atoms with Gasteiger partial charge in [-0.2, -0.15) is 0 Å². The van der Waals surface area contributed by atoms with Gasteiger partial charge in [-0.15, -0.1) is 0 Å². The van der Waals surface area contributed by atoms with Gasteiger partial charge in [0, 0.05) is 18.8 Å². The first-order chi connectivity index (χ1) is 8.47. The lowest BCUT2D eigenvalue weighted by Crippen LogP contribution is -2.41. The Hall–Kier alpha value is -1.14. The monoisotopic (exact) mass is 270 g/mol. The fourth-order valence-electron chi connectivity index (χ4n) is 2.23. The van der Waals surface area contributed by atoms with Gasteiger partial charge in [-0.3, -0.25) is 4.79 Å². The zero-order valence-electron chi connectivity index (χ0n) is 10.4. The minimum atomic E-state index is -3.52. The summed E-state index contributed by atoms with van der Waals surface area (Å²) in [6.07, 6.45) is 5.55. The number of H-pyrrole nitrogens is 1. The summed E-state index contributed by atoms with van der Waals surface area (Å²) in [5.41, 5.74) is -0.173. The molecular formula is C12H18N2O3S. The normalized spacial score (nSPS) is 18.3. The Kier molecular flexibility index (Phi) is 3.59. The Bertz CT molecular complexity index is 547. The second kappa shape index (κ2) is 4.85. The molecule has 6 heteroatoms. The van der Waals surface area contributed by atoms with Crippen LogP contribution >= 0.6 is 0 Å². The van der Waals surface area contributed by atoms with Gasteiger partial charge in [0.1, 0.15) is 0 Å². The standard InChI is InChI=1S/C12H18N2O3S/c1-2-12(6-3-7-12)9-14-18(16,17)10-4-5-11(15)13-8-10/h4-5,8,14H,2-3,6-7,9H2,1H3,(H,13,15). The van der Waals surface area contributed by atoms with Crippen molar-refractivity contribution in [2.45, 2.75) is 37.5 Å². The lowest BCUT2D eigenvalue weighted by atomic mass is 9.67. The molecule has 0 amide bonds. The summed E-state index contributed by atoms with van der Waals surface area (Å²) in [6, 6.07) is 2.54. The lowest BCUT2D eigenvalue weighted by molar-refractivity contribution is 0.133. The van der Waals surface area contributed by atoms with Crippen molar-refractivity contribution in [3.05, 3.63) is 28.7 Å². The van der Waals surface area contributed by atoms with Crippen molar-refractivity contribution in [3.63, 3.8) is 0 Å². The molecule has 1 heterocycles. The van der Waals surface area contributed by atoms with Crippen molar-refractivity contribution < 1.29 is 8.42 Å². The van der Waals surface area contributed by atoms with Crippen LogP contribution in [0.5, 0.6) is 0 Å². The summed E-state index contributed by atoms with van der Waals surface area (Å²) in [6.45, 7) is 2.57. The summed E-state index contributed by atoms with van der Waals surface area (Å²) >= 11 is 0. The summed E-state index contributed by atoms with van der Waals surface area (Å²) in [5, 5.41) is 0. The van der Waals surface area contributed by atoms with Gasteiger partial charge in [0.25, 0.3) is 0 Å². The summed E-state index contributed by atoms with van der Waals surface area (Å²) in [7, 11) is -3.52. The van der Waals surface area contributed by atoms with Crippen molar-refractivity contribution >= 4 is 10.0 Å². The molecule has 5 nitrogen and oxygen atoms in total. The van der Waals surface area contributed by atoms with Crippen LogP contribution in [0.2, 0.25) is 0 Å². The van der Waals surface area contributed by atoms with E-state index in [4.69, 9.17) is 0 Å². The quantitative estimate of drug-likeness (QED) is 0.844. The maximum Gasteiger partial charge on any atom is 0.247 e. The number of aromatic amines is 1. The minimum Gasteiger partial charge on any atom is -0.328 e. The highest BCUT2D eigenvalue weighted by Crippen LogP contribution is 2.43. The highest BCUT2D eigenvalue weighted by Gasteiger charge is 2.36. The predicted molar refractivity (Wildman–Crippen MR) is 68.8 cm³/mol. The van der Waals surface area contributed by atoms with Crippen LogP contribution in [0.4, 0.5) is 0 Å². The van der Waals surface area contributed by atoms with Crippen molar-refractivity contribution in [1.82, 2.24) is 9.71 Å². The van der Waals surface area contributed by atoms with Crippen LogP contribution in [0.1, 0.15) is 32.6 Å². The van der Waals surface area contributed by atoms with E-state index < -0.39 is 10.0 Å². The third-order valence-corrected chi connectivity index (χ3v) is 5.27. The molecule has 1 fully saturated rings. The van der Waals surface area contributed by atoms with Crippen LogP contribution in [0.15, 0.2) is 28.0 Å². The lowest BCUT2D eigenvalue weighted by Gasteiger charge is -2.41. The van der Waals surface area contributed by atoms with E-state index >= 15 is 0 Å². The molecule has 2 N–H and O–H groups in total. The molecule has 1 saturated carbocycles. The topological polar surface area (TPSA) is 79.0 Å². The molecular weight excluding hydrogens is 252 g/mol. The Labute approximate surface area is 107 Å². The van der Waals surface area contributed by atoms with E-state index in [1.54, 1.807) is 0 Å². The average Bonchev–Trinajstić information content (AvgIpc) is 2.29. The van der Waals surface area contributed by atoms with E-state index in [1.807, 2.05) is 0 Å². The van der Waals surface area contributed by atoms with Crippen molar-refractivity contribution in [1.29, 1.82) is 0 Å². The van der Waals surface area contributed by atoms with Gasteiger partial charge in [0.2, 0.25) is 15.6 Å². The van der Waals surface area contributed by atoms with E-state index in [0.717, 1.165) is 19.3 Å². The molecule has 100 valence electrons. The third kappa shape index (κ3) is 2.64. The molecule has 2 rings (SSSR count). The predicted octanol–water partition coefficient (Wildman–Crippen LogP) is 1.23. The summed E-state index contributed by atoms with van der Waals surface area (Å²) in [5.74, 6) is 0. The number of nitrogens with one attached hydrogen (secondary N) is 2. The largest absolute Gasteiger partial charge is 0.328 e. The molecule has 0 bridgehead atoms. The Morgan fingerprint density at radius 1 is 1.39 bits per heavy atom. The highest BCUT2D eigenvalue weighted by molar-refractivity contribution is 7.89.